The second-order valence-corrected chi connectivity index (χ2v) is 7.21. The van der Waals surface area contributed by atoms with Crippen LogP contribution in [0.5, 0.6) is 5.75 Å². The molecule has 1 amide bonds. The van der Waals surface area contributed by atoms with Gasteiger partial charge in [0.05, 0.1) is 11.6 Å². The van der Waals surface area contributed by atoms with Gasteiger partial charge in [0.1, 0.15) is 17.9 Å². The van der Waals surface area contributed by atoms with Gasteiger partial charge in [-0.15, -0.1) is 0 Å². The fourth-order valence-electron chi connectivity index (χ4n) is 1.84. The predicted molar refractivity (Wildman–Crippen MR) is 94.7 cm³/mol. The lowest BCUT2D eigenvalue weighted by atomic mass is 10.2. The first kappa shape index (κ1) is 20.6. The summed E-state index contributed by atoms with van der Waals surface area (Å²) in [6, 6.07) is 4.96. The number of halogens is 2. The van der Waals surface area contributed by atoms with Crippen molar-refractivity contribution < 1.29 is 19.1 Å². The molecule has 0 atom stereocenters. The molecule has 24 heavy (non-hydrogen) atoms. The average molecular weight is 376 g/mol. The third-order valence-electron chi connectivity index (χ3n) is 2.90. The lowest BCUT2D eigenvalue weighted by molar-refractivity contribution is -0.158. The number of rotatable bonds is 7. The molecule has 0 heterocycles. The molecular formula is C17H23Cl2NO4. The number of carbonyl (C=O) groups excluding carboxylic acids is 2. The molecule has 0 spiro atoms. The van der Waals surface area contributed by atoms with Crippen molar-refractivity contribution in [1.82, 2.24) is 4.90 Å². The topological polar surface area (TPSA) is 55.8 Å². The van der Waals surface area contributed by atoms with E-state index in [-0.39, 0.29) is 18.9 Å². The van der Waals surface area contributed by atoms with E-state index in [4.69, 9.17) is 32.7 Å². The molecule has 0 N–H and O–H groups in total. The largest absolute Gasteiger partial charge is 0.492 e. The lowest BCUT2D eigenvalue weighted by Gasteiger charge is -2.22. The van der Waals surface area contributed by atoms with Gasteiger partial charge < -0.3 is 14.4 Å². The minimum absolute atomic E-state index is 0.0695. The zero-order valence-corrected chi connectivity index (χ0v) is 15.9. The second kappa shape index (κ2) is 9.14. The number of hydrogen-bond acceptors (Lipinski definition) is 4. The van der Waals surface area contributed by atoms with Crippen molar-refractivity contribution in [2.24, 2.45) is 0 Å². The Morgan fingerprint density at radius 3 is 2.46 bits per heavy atom. The molecule has 0 saturated carbocycles. The molecule has 0 aromatic heterocycles. The van der Waals surface area contributed by atoms with E-state index < -0.39 is 11.6 Å². The molecule has 7 heteroatoms. The number of esters is 1. The maximum atomic E-state index is 12.0. The Kier molecular flexibility index (Phi) is 7.84. The van der Waals surface area contributed by atoms with Crippen LogP contribution in [-0.2, 0) is 14.3 Å². The van der Waals surface area contributed by atoms with Crippen molar-refractivity contribution >= 4 is 35.1 Å². The van der Waals surface area contributed by atoms with Gasteiger partial charge in [-0.25, -0.2) is 0 Å². The van der Waals surface area contributed by atoms with E-state index >= 15 is 0 Å². The number of amides is 1. The highest BCUT2D eigenvalue weighted by atomic mass is 35.5. The van der Waals surface area contributed by atoms with Gasteiger partial charge in [0.2, 0.25) is 5.91 Å². The van der Waals surface area contributed by atoms with E-state index in [9.17, 15) is 9.59 Å². The predicted octanol–water partition coefficient (Wildman–Crippen LogP) is 3.95. The zero-order chi connectivity index (χ0) is 18.3. The summed E-state index contributed by atoms with van der Waals surface area (Å²) in [6.07, 6.45) is 0.779. The SMILES string of the molecule is CN(CC(=O)OC(C)(C)C)C(=O)CCCOc1ccc(Cl)cc1Cl. The van der Waals surface area contributed by atoms with Crippen molar-refractivity contribution in [2.75, 3.05) is 20.2 Å². The molecule has 0 fully saturated rings. The minimum Gasteiger partial charge on any atom is -0.492 e. The molecule has 0 aliphatic carbocycles. The fraction of sp³-hybridized carbons (Fsp3) is 0.529. The zero-order valence-electron chi connectivity index (χ0n) is 14.4. The van der Waals surface area contributed by atoms with Gasteiger partial charge in [-0.1, -0.05) is 23.2 Å². The van der Waals surface area contributed by atoms with Crippen LogP contribution in [-0.4, -0.2) is 42.6 Å². The van der Waals surface area contributed by atoms with Crippen molar-refractivity contribution in [3.63, 3.8) is 0 Å². The Morgan fingerprint density at radius 2 is 1.88 bits per heavy atom. The van der Waals surface area contributed by atoms with E-state index in [0.717, 1.165) is 0 Å². The van der Waals surface area contributed by atoms with Crippen LogP contribution in [0.2, 0.25) is 10.0 Å². The van der Waals surface area contributed by atoms with Crippen molar-refractivity contribution in [3.8, 4) is 5.75 Å². The van der Waals surface area contributed by atoms with Gasteiger partial charge in [-0.3, -0.25) is 9.59 Å². The normalized spacial score (nSPS) is 11.1. The van der Waals surface area contributed by atoms with E-state index in [2.05, 4.69) is 0 Å². The van der Waals surface area contributed by atoms with Crippen LogP contribution in [0.3, 0.4) is 0 Å². The summed E-state index contributed by atoms with van der Waals surface area (Å²) in [6.45, 7) is 5.62. The highest BCUT2D eigenvalue weighted by molar-refractivity contribution is 6.35. The number of benzene rings is 1. The van der Waals surface area contributed by atoms with E-state index in [1.807, 2.05) is 0 Å². The van der Waals surface area contributed by atoms with Crippen LogP contribution in [0, 0.1) is 0 Å². The first-order valence-corrected chi connectivity index (χ1v) is 8.38. The van der Waals surface area contributed by atoms with E-state index in [1.165, 1.54) is 4.90 Å². The lowest BCUT2D eigenvalue weighted by Crippen LogP contribution is -2.36. The summed E-state index contributed by atoms with van der Waals surface area (Å²) in [4.78, 5) is 25.0. The number of hydrogen-bond donors (Lipinski definition) is 0. The smallest absolute Gasteiger partial charge is 0.326 e. The summed E-state index contributed by atoms with van der Waals surface area (Å²) in [5.74, 6) is -0.0511. The van der Waals surface area contributed by atoms with Crippen molar-refractivity contribution in [3.05, 3.63) is 28.2 Å². The molecule has 134 valence electrons. The number of carbonyl (C=O) groups is 2. The number of ether oxygens (including phenoxy) is 2. The number of nitrogens with zero attached hydrogens (tertiary/aromatic N) is 1. The summed E-state index contributed by atoms with van der Waals surface area (Å²) < 4.78 is 10.7. The molecule has 1 aromatic carbocycles. The Morgan fingerprint density at radius 1 is 1.21 bits per heavy atom. The van der Waals surface area contributed by atoms with Crippen molar-refractivity contribution in [1.29, 1.82) is 0 Å². The first-order valence-electron chi connectivity index (χ1n) is 7.62. The fourth-order valence-corrected chi connectivity index (χ4v) is 2.31. The minimum atomic E-state index is -0.563. The summed E-state index contributed by atoms with van der Waals surface area (Å²) >= 11 is 11.8. The maximum absolute atomic E-state index is 12.0. The van der Waals surface area contributed by atoms with Crippen LogP contribution in [0.4, 0.5) is 0 Å². The van der Waals surface area contributed by atoms with Gasteiger partial charge in [-0.05, 0) is 45.4 Å². The summed E-state index contributed by atoms with van der Waals surface area (Å²) in [7, 11) is 1.57. The van der Waals surface area contributed by atoms with Crippen LogP contribution in [0.15, 0.2) is 18.2 Å². The molecule has 0 aliphatic rings. The summed E-state index contributed by atoms with van der Waals surface area (Å²) in [5.41, 5.74) is -0.563. The molecule has 5 nitrogen and oxygen atoms in total. The van der Waals surface area contributed by atoms with E-state index in [0.29, 0.717) is 28.8 Å². The van der Waals surface area contributed by atoms with Gasteiger partial charge >= 0.3 is 5.97 Å². The van der Waals surface area contributed by atoms with Gasteiger partial charge in [0.25, 0.3) is 0 Å². The maximum Gasteiger partial charge on any atom is 0.326 e. The molecular weight excluding hydrogens is 353 g/mol. The summed E-state index contributed by atoms with van der Waals surface area (Å²) in [5, 5.41) is 0.960. The standard InChI is InChI=1S/C17H23Cl2NO4/c1-17(2,3)24-16(22)11-20(4)15(21)6-5-9-23-14-8-7-12(18)10-13(14)19/h7-8,10H,5-6,9,11H2,1-4H3. The Bertz CT molecular complexity index is 584. The first-order chi connectivity index (χ1) is 11.1. The highest BCUT2D eigenvalue weighted by Gasteiger charge is 2.19. The third kappa shape index (κ3) is 7.88. The van der Waals surface area contributed by atoms with Crippen LogP contribution >= 0.6 is 23.2 Å². The highest BCUT2D eigenvalue weighted by Crippen LogP contribution is 2.27. The quantitative estimate of drug-likeness (QED) is 0.534. The molecule has 0 aliphatic heterocycles. The van der Waals surface area contributed by atoms with Crippen LogP contribution < -0.4 is 4.74 Å². The monoisotopic (exact) mass is 375 g/mol. The van der Waals surface area contributed by atoms with E-state index in [1.54, 1.807) is 46.0 Å². The molecule has 0 saturated heterocycles. The average Bonchev–Trinajstić information content (AvgIpc) is 2.42. The van der Waals surface area contributed by atoms with Gasteiger partial charge in [0.15, 0.2) is 0 Å². The van der Waals surface area contributed by atoms with Crippen LogP contribution in [0.1, 0.15) is 33.6 Å². The Labute approximate surface area is 152 Å². The Balaban J connectivity index is 2.31. The van der Waals surface area contributed by atoms with Crippen molar-refractivity contribution in [2.45, 2.75) is 39.2 Å². The molecule has 1 aromatic rings. The number of likely N-dealkylation sites (N-methyl/N-ethyl adjacent to an activating group) is 1. The Hall–Kier alpha value is -1.46. The third-order valence-corrected chi connectivity index (χ3v) is 3.43. The molecule has 0 radical (unpaired) electrons. The molecule has 0 unspecified atom stereocenters. The molecule has 1 rings (SSSR count). The van der Waals surface area contributed by atoms with Gasteiger partial charge in [-0.2, -0.15) is 0 Å². The van der Waals surface area contributed by atoms with Gasteiger partial charge in [0, 0.05) is 18.5 Å². The second-order valence-electron chi connectivity index (χ2n) is 6.36. The molecule has 0 bridgehead atoms. The van der Waals surface area contributed by atoms with Crippen LogP contribution in [0.25, 0.3) is 0 Å².